The molecule has 1 atom stereocenters. The van der Waals surface area contributed by atoms with Crippen LogP contribution in [0.5, 0.6) is 5.75 Å². The standard InChI is InChI=1S/C11H16BrNO/c1-8(13(2)3)10-7-9(12)5-6-11(10)14-4/h5-8H,1-4H3. The zero-order valence-electron chi connectivity index (χ0n) is 9.04. The first-order valence-corrected chi connectivity index (χ1v) is 5.35. The normalized spacial score (nSPS) is 13.0. The maximum atomic E-state index is 5.32. The van der Waals surface area contributed by atoms with E-state index < -0.39 is 0 Å². The number of hydrogen-bond acceptors (Lipinski definition) is 2. The zero-order valence-corrected chi connectivity index (χ0v) is 10.6. The fraction of sp³-hybridized carbons (Fsp3) is 0.455. The second-order valence-corrected chi connectivity index (χ2v) is 4.44. The smallest absolute Gasteiger partial charge is 0.123 e. The number of rotatable bonds is 3. The van der Waals surface area contributed by atoms with Crippen LogP contribution >= 0.6 is 15.9 Å². The molecule has 0 aromatic heterocycles. The summed E-state index contributed by atoms with van der Waals surface area (Å²) in [5, 5.41) is 0. The molecule has 2 nitrogen and oxygen atoms in total. The highest BCUT2D eigenvalue weighted by Gasteiger charge is 2.13. The number of nitrogens with zero attached hydrogens (tertiary/aromatic N) is 1. The van der Waals surface area contributed by atoms with Gasteiger partial charge in [-0.15, -0.1) is 0 Å². The van der Waals surface area contributed by atoms with Gasteiger partial charge in [0.2, 0.25) is 0 Å². The lowest BCUT2D eigenvalue weighted by Crippen LogP contribution is -2.17. The predicted molar refractivity (Wildman–Crippen MR) is 62.8 cm³/mol. The topological polar surface area (TPSA) is 12.5 Å². The fourth-order valence-electron chi connectivity index (χ4n) is 1.31. The van der Waals surface area contributed by atoms with Crippen molar-refractivity contribution in [3.05, 3.63) is 28.2 Å². The predicted octanol–water partition coefficient (Wildman–Crippen LogP) is 3.08. The molecule has 3 heteroatoms. The molecule has 1 aromatic carbocycles. The van der Waals surface area contributed by atoms with E-state index in [0.29, 0.717) is 6.04 Å². The lowest BCUT2D eigenvalue weighted by Gasteiger charge is -2.22. The summed E-state index contributed by atoms with van der Waals surface area (Å²) in [5.74, 6) is 0.939. The Balaban J connectivity index is 3.10. The van der Waals surface area contributed by atoms with E-state index in [0.717, 1.165) is 10.2 Å². The lowest BCUT2D eigenvalue weighted by molar-refractivity contribution is 0.308. The minimum Gasteiger partial charge on any atom is -0.496 e. The number of hydrogen-bond donors (Lipinski definition) is 0. The number of halogens is 1. The molecule has 0 saturated heterocycles. The van der Waals surface area contributed by atoms with Gasteiger partial charge in [-0.1, -0.05) is 15.9 Å². The van der Waals surface area contributed by atoms with Crippen LogP contribution in [0.3, 0.4) is 0 Å². The highest BCUT2D eigenvalue weighted by molar-refractivity contribution is 9.10. The van der Waals surface area contributed by atoms with Crippen molar-refractivity contribution in [3.63, 3.8) is 0 Å². The highest BCUT2D eigenvalue weighted by Crippen LogP contribution is 2.30. The van der Waals surface area contributed by atoms with Gasteiger partial charge in [0.05, 0.1) is 7.11 Å². The Hall–Kier alpha value is -0.540. The summed E-state index contributed by atoms with van der Waals surface area (Å²) < 4.78 is 6.41. The molecule has 0 aliphatic rings. The van der Waals surface area contributed by atoms with Crippen LogP contribution in [0.25, 0.3) is 0 Å². The summed E-state index contributed by atoms with van der Waals surface area (Å²) >= 11 is 3.47. The summed E-state index contributed by atoms with van der Waals surface area (Å²) in [7, 11) is 5.82. The molecule has 0 radical (unpaired) electrons. The number of benzene rings is 1. The van der Waals surface area contributed by atoms with Gasteiger partial charge in [0, 0.05) is 16.1 Å². The summed E-state index contributed by atoms with van der Waals surface area (Å²) in [6.45, 7) is 2.16. The van der Waals surface area contributed by atoms with Crippen LogP contribution in [0.15, 0.2) is 22.7 Å². The molecule has 1 rings (SSSR count). The van der Waals surface area contributed by atoms with Crippen LogP contribution in [0.4, 0.5) is 0 Å². The average Bonchev–Trinajstić information content (AvgIpc) is 2.16. The number of methoxy groups -OCH3 is 1. The Morgan fingerprint density at radius 1 is 1.36 bits per heavy atom. The molecule has 14 heavy (non-hydrogen) atoms. The molecule has 0 aliphatic heterocycles. The van der Waals surface area contributed by atoms with Crippen LogP contribution in [0.2, 0.25) is 0 Å². The third-order valence-electron chi connectivity index (χ3n) is 2.42. The molecular weight excluding hydrogens is 242 g/mol. The average molecular weight is 258 g/mol. The molecule has 0 saturated carbocycles. The second-order valence-electron chi connectivity index (χ2n) is 3.53. The molecule has 1 unspecified atom stereocenters. The van der Waals surface area contributed by atoms with Gasteiger partial charge in [-0.2, -0.15) is 0 Å². The molecular formula is C11H16BrNO. The third kappa shape index (κ3) is 2.49. The van der Waals surface area contributed by atoms with Crippen molar-refractivity contribution in [3.8, 4) is 5.75 Å². The van der Waals surface area contributed by atoms with Crippen molar-refractivity contribution in [2.45, 2.75) is 13.0 Å². The van der Waals surface area contributed by atoms with Crippen molar-refractivity contribution in [2.24, 2.45) is 0 Å². The van der Waals surface area contributed by atoms with Crippen molar-refractivity contribution in [1.29, 1.82) is 0 Å². The van der Waals surface area contributed by atoms with Crippen molar-refractivity contribution >= 4 is 15.9 Å². The van der Waals surface area contributed by atoms with Gasteiger partial charge in [-0.3, -0.25) is 0 Å². The zero-order chi connectivity index (χ0) is 10.7. The minimum atomic E-state index is 0.349. The van der Waals surface area contributed by atoms with Gasteiger partial charge in [-0.25, -0.2) is 0 Å². The van der Waals surface area contributed by atoms with Gasteiger partial charge < -0.3 is 9.64 Å². The quantitative estimate of drug-likeness (QED) is 0.826. The van der Waals surface area contributed by atoms with Gasteiger partial charge in [0.1, 0.15) is 5.75 Å². The molecule has 0 amide bonds. The van der Waals surface area contributed by atoms with E-state index in [2.05, 4.69) is 47.9 Å². The van der Waals surface area contributed by atoms with Crippen LogP contribution in [-0.4, -0.2) is 26.1 Å². The van der Waals surface area contributed by atoms with Crippen LogP contribution in [-0.2, 0) is 0 Å². The van der Waals surface area contributed by atoms with E-state index >= 15 is 0 Å². The van der Waals surface area contributed by atoms with Crippen molar-refractivity contribution < 1.29 is 4.74 Å². The SMILES string of the molecule is COc1ccc(Br)cc1C(C)N(C)C. The van der Waals surface area contributed by atoms with Gasteiger partial charge in [0.15, 0.2) is 0 Å². The van der Waals surface area contributed by atoms with Crippen LogP contribution in [0.1, 0.15) is 18.5 Å². The van der Waals surface area contributed by atoms with E-state index in [1.54, 1.807) is 7.11 Å². The fourth-order valence-corrected chi connectivity index (χ4v) is 1.69. The summed E-state index contributed by atoms with van der Waals surface area (Å²) in [6, 6.07) is 6.43. The maximum Gasteiger partial charge on any atom is 0.123 e. The molecule has 0 fully saturated rings. The second kappa shape index (κ2) is 4.80. The molecule has 0 bridgehead atoms. The molecule has 78 valence electrons. The van der Waals surface area contributed by atoms with Gasteiger partial charge >= 0.3 is 0 Å². The first kappa shape index (κ1) is 11.5. The number of ether oxygens (including phenoxy) is 1. The molecule has 0 spiro atoms. The summed E-state index contributed by atoms with van der Waals surface area (Å²) in [4.78, 5) is 2.16. The maximum absolute atomic E-state index is 5.32. The Kier molecular flexibility index (Phi) is 3.96. The Bertz CT molecular complexity index is 312. The molecule has 0 N–H and O–H groups in total. The molecule has 0 heterocycles. The van der Waals surface area contributed by atoms with Crippen molar-refractivity contribution in [2.75, 3.05) is 21.2 Å². The monoisotopic (exact) mass is 257 g/mol. The third-order valence-corrected chi connectivity index (χ3v) is 2.91. The summed E-state index contributed by atoms with van der Waals surface area (Å²) in [5.41, 5.74) is 1.20. The molecule has 1 aromatic rings. The lowest BCUT2D eigenvalue weighted by atomic mass is 10.1. The van der Waals surface area contributed by atoms with E-state index in [-0.39, 0.29) is 0 Å². The molecule has 0 aliphatic carbocycles. The Labute approximate surface area is 94.0 Å². The van der Waals surface area contributed by atoms with E-state index in [1.165, 1.54) is 5.56 Å². The van der Waals surface area contributed by atoms with Gasteiger partial charge in [0.25, 0.3) is 0 Å². The first-order valence-electron chi connectivity index (χ1n) is 4.56. The van der Waals surface area contributed by atoms with E-state index in [9.17, 15) is 0 Å². The van der Waals surface area contributed by atoms with E-state index in [4.69, 9.17) is 4.74 Å². The Morgan fingerprint density at radius 3 is 2.50 bits per heavy atom. The van der Waals surface area contributed by atoms with Crippen molar-refractivity contribution in [1.82, 2.24) is 4.90 Å². The minimum absolute atomic E-state index is 0.349. The summed E-state index contributed by atoms with van der Waals surface area (Å²) in [6.07, 6.45) is 0. The highest BCUT2D eigenvalue weighted by atomic mass is 79.9. The Morgan fingerprint density at radius 2 is 2.00 bits per heavy atom. The first-order chi connectivity index (χ1) is 6.56. The van der Waals surface area contributed by atoms with Gasteiger partial charge in [-0.05, 0) is 39.2 Å². The largest absolute Gasteiger partial charge is 0.496 e. The van der Waals surface area contributed by atoms with E-state index in [1.807, 2.05) is 12.1 Å². The van der Waals surface area contributed by atoms with Crippen LogP contribution < -0.4 is 4.74 Å². The van der Waals surface area contributed by atoms with Crippen LogP contribution in [0, 0.1) is 0 Å².